The zero-order chi connectivity index (χ0) is 58.5. The van der Waals surface area contributed by atoms with E-state index < -0.39 is 6.10 Å². The predicted molar refractivity (Wildman–Crippen MR) is 353 cm³/mol. The number of hydrogen-bond acceptors (Lipinski definition) is 6. The van der Waals surface area contributed by atoms with Crippen molar-refractivity contribution in [3.8, 4) is 0 Å². The number of allylic oxidation sites excluding steroid dienone is 16. The average molecular weight is 1130 g/mol. The molecule has 0 amide bonds. The molecule has 0 spiro atoms. The van der Waals surface area contributed by atoms with Gasteiger partial charge in [-0.25, -0.2) is 0 Å². The summed E-state index contributed by atoms with van der Waals surface area (Å²) in [4.78, 5) is 38.3. The average Bonchev–Trinajstić information content (AvgIpc) is 3.46. The number of hydrogen-bond donors (Lipinski definition) is 0. The van der Waals surface area contributed by atoms with Crippen molar-refractivity contribution < 1.29 is 28.6 Å². The third kappa shape index (κ3) is 67.0. The number of rotatable bonds is 63. The Morgan fingerprint density at radius 2 is 0.506 bits per heavy atom. The molecular formula is C75H130O6. The number of ether oxygens (including phenoxy) is 3. The molecule has 0 bridgehead atoms. The Labute approximate surface area is 502 Å². The number of unbranched alkanes of at least 4 members (excludes halogenated alkanes) is 36. The van der Waals surface area contributed by atoms with E-state index in [1.165, 1.54) is 193 Å². The molecule has 0 aliphatic carbocycles. The van der Waals surface area contributed by atoms with Crippen molar-refractivity contribution in [3.05, 3.63) is 97.2 Å². The second-order valence-electron chi connectivity index (χ2n) is 23.0. The van der Waals surface area contributed by atoms with E-state index in [-0.39, 0.29) is 37.5 Å². The van der Waals surface area contributed by atoms with E-state index in [0.29, 0.717) is 19.3 Å². The van der Waals surface area contributed by atoms with Crippen LogP contribution in [-0.4, -0.2) is 37.2 Å². The Balaban J connectivity index is 4.22. The van der Waals surface area contributed by atoms with Gasteiger partial charge >= 0.3 is 17.9 Å². The summed E-state index contributed by atoms with van der Waals surface area (Å²) in [5.74, 6) is -0.991. The van der Waals surface area contributed by atoms with Crippen molar-refractivity contribution in [2.24, 2.45) is 0 Å². The molecule has 1 unspecified atom stereocenters. The lowest BCUT2D eigenvalue weighted by Crippen LogP contribution is -2.30. The third-order valence-electron chi connectivity index (χ3n) is 15.1. The van der Waals surface area contributed by atoms with Crippen molar-refractivity contribution in [3.63, 3.8) is 0 Å². The van der Waals surface area contributed by atoms with Crippen LogP contribution in [0.15, 0.2) is 97.2 Å². The van der Waals surface area contributed by atoms with Crippen molar-refractivity contribution in [1.29, 1.82) is 0 Å². The number of carbonyl (C=O) groups is 3. The minimum atomic E-state index is -0.815. The maximum absolute atomic E-state index is 12.9. The minimum Gasteiger partial charge on any atom is -0.462 e. The highest BCUT2D eigenvalue weighted by molar-refractivity contribution is 5.71. The fraction of sp³-hybridized carbons (Fsp3) is 0.747. The van der Waals surface area contributed by atoms with Crippen LogP contribution in [0.4, 0.5) is 0 Å². The lowest BCUT2D eigenvalue weighted by Gasteiger charge is -2.18. The molecule has 0 saturated carbocycles. The minimum absolute atomic E-state index is 0.104. The first-order chi connectivity index (χ1) is 40.0. The molecule has 1 atom stereocenters. The molecular weight excluding hydrogens is 997 g/mol. The van der Waals surface area contributed by atoms with Crippen LogP contribution in [0.5, 0.6) is 0 Å². The Kier molecular flexibility index (Phi) is 65.7. The highest BCUT2D eigenvalue weighted by atomic mass is 16.6. The number of carbonyl (C=O) groups excluding carboxylic acids is 3. The molecule has 81 heavy (non-hydrogen) atoms. The van der Waals surface area contributed by atoms with Gasteiger partial charge in [-0.05, 0) is 83.5 Å². The zero-order valence-corrected chi connectivity index (χ0v) is 53.5. The van der Waals surface area contributed by atoms with Gasteiger partial charge in [-0.2, -0.15) is 0 Å². The van der Waals surface area contributed by atoms with Gasteiger partial charge in [0.25, 0.3) is 0 Å². The first-order valence-corrected chi connectivity index (χ1v) is 34.7. The van der Waals surface area contributed by atoms with E-state index >= 15 is 0 Å². The van der Waals surface area contributed by atoms with E-state index in [0.717, 1.165) is 103 Å². The molecule has 0 aliphatic heterocycles. The summed E-state index contributed by atoms with van der Waals surface area (Å²) in [6.07, 6.45) is 93.3. The fourth-order valence-corrected chi connectivity index (χ4v) is 9.98. The molecule has 6 heteroatoms. The van der Waals surface area contributed by atoms with Gasteiger partial charge in [0, 0.05) is 19.3 Å². The lowest BCUT2D eigenvalue weighted by atomic mass is 10.0. The Bertz CT molecular complexity index is 1580. The van der Waals surface area contributed by atoms with Crippen LogP contribution in [0, 0.1) is 0 Å². The molecule has 6 nitrogen and oxygen atoms in total. The van der Waals surface area contributed by atoms with Crippen molar-refractivity contribution >= 4 is 17.9 Å². The molecule has 0 aromatic heterocycles. The Morgan fingerprint density at radius 3 is 0.827 bits per heavy atom. The van der Waals surface area contributed by atoms with Gasteiger partial charge in [-0.1, -0.05) is 336 Å². The van der Waals surface area contributed by atoms with E-state index in [2.05, 4.69) is 112 Å². The third-order valence-corrected chi connectivity index (χ3v) is 15.1. The second kappa shape index (κ2) is 68.8. The van der Waals surface area contributed by atoms with E-state index in [1.54, 1.807) is 0 Å². The molecule has 0 N–H and O–H groups in total. The van der Waals surface area contributed by atoms with Gasteiger partial charge in [0.1, 0.15) is 13.2 Å². The summed E-state index contributed by atoms with van der Waals surface area (Å²) in [5, 5.41) is 0. The Morgan fingerprint density at radius 1 is 0.259 bits per heavy atom. The van der Waals surface area contributed by atoms with Crippen LogP contribution in [0.25, 0.3) is 0 Å². The smallest absolute Gasteiger partial charge is 0.306 e. The van der Waals surface area contributed by atoms with E-state index in [9.17, 15) is 14.4 Å². The largest absolute Gasteiger partial charge is 0.462 e. The van der Waals surface area contributed by atoms with Crippen LogP contribution < -0.4 is 0 Å². The lowest BCUT2D eigenvalue weighted by molar-refractivity contribution is -0.166. The fourth-order valence-electron chi connectivity index (χ4n) is 9.98. The quantitative estimate of drug-likeness (QED) is 0.0261. The van der Waals surface area contributed by atoms with Gasteiger partial charge in [0.2, 0.25) is 0 Å². The summed E-state index contributed by atoms with van der Waals surface area (Å²) in [5.41, 5.74) is 0. The molecule has 0 saturated heterocycles. The summed E-state index contributed by atoms with van der Waals surface area (Å²) in [6.45, 7) is 6.38. The Hall–Kier alpha value is -3.67. The summed E-state index contributed by atoms with van der Waals surface area (Å²) >= 11 is 0. The SMILES string of the molecule is CC/C=C\C/C=C\C/C=C\C/C=C\CCCCCCCCC(=O)OC(COC(=O)CC/C=C\C/C=C\C/C=C\C/C=C\CC)COC(=O)CCCCCCCCCCCCCCCCCCCCCCCCCCCCCCCCC. The molecule has 0 heterocycles. The van der Waals surface area contributed by atoms with Gasteiger partial charge in [0.05, 0.1) is 0 Å². The van der Waals surface area contributed by atoms with Crippen LogP contribution in [0.3, 0.4) is 0 Å². The summed E-state index contributed by atoms with van der Waals surface area (Å²) in [6, 6.07) is 0. The maximum atomic E-state index is 12.9. The van der Waals surface area contributed by atoms with E-state index in [1.807, 2.05) is 6.08 Å². The second-order valence-corrected chi connectivity index (χ2v) is 23.0. The van der Waals surface area contributed by atoms with Crippen LogP contribution in [-0.2, 0) is 28.6 Å². The standard InChI is InChI=1S/C75H130O6/c1-4-7-10-13-16-19-22-25-27-29-31-32-33-34-35-36-37-38-39-40-41-42-44-45-47-50-53-56-59-62-65-68-74(77)80-71-72(70-79-73(76)67-64-61-58-55-52-49-24-21-18-15-12-9-6-3)81-75(78)69-66-63-60-57-54-51-48-46-43-30-28-26-23-20-17-14-11-8-5-2/h8-9,11-12,17-18,20-21,26,28,43,46,49,52,58,61,72H,4-7,10,13-16,19,22-25,27,29-42,44-45,47-48,50-51,53-57,59-60,62-71H2,1-3H3/b11-8-,12-9-,20-17-,21-18-,28-26-,46-43-,52-49-,61-58-. The first-order valence-electron chi connectivity index (χ1n) is 34.7. The van der Waals surface area contributed by atoms with Gasteiger partial charge in [0.15, 0.2) is 6.10 Å². The summed E-state index contributed by atoms with van der Waals surface area (Å²) < 4.78 is 16.9. The van der Waals surface area contributed by atoms with Gasteiger partial charge < -0.3 is 14.2 Å². The van der Waals surface area contributed by atoms with Gasteiger partial charge in [-0.15, -0.1) is 0 Å². The monoisotopic (exact) mass is 1130 g/mol. The molecule has 0 aliphatic rings. The van der Waals surface area contributed by atoms with E-state index in [4.69, 9.17) is 14.2 Å². The maximum Gasteiger partial charge on any atom is 0.306 e. The van der Waals surface area contributed by atoms with Gasteiger partial charge in [-0.3, -0.25) is 14.4 Å². The number of esters is 3. The predicted octanol–water partition coefficient (Wildman–Crippen LogP) is 24.0. The first kappa shape index (κ1) is 77.3. The molecule has 0 aromatic carbocycles. The van der Waals surface area contributed by atoms with Crippen LogP contribution in [0.1, 0.15) is 342 Å². The van der Waals surface area contributed by atoms with Crippen molar-refractivity contribution in [1.82, 2.24) is 0 Å². The molecule has 0 fully saturated rings. The molecule has 466 valence electrons. The van der Waals surface area contributed by atoms with Crippen molar-refractivity contribution in [2.45, 2.75) is 348 Å². The zero-order valence-electron chi connectivity index (χ0n) is 53.5. The van der Waals surface area contributed by atoms with Crippen molar-refractivity contribution in [2.75, 3.05) is 13.2 Å². The summed E-state index contributed by atoms with van der Waals surface area (Å²) in [7, 11) is 0. The topological polar surface area (TPSA) is 78.9 Å². The van der Waals surface area contributed by atoms with Crippen LogP contribution in [0.2, 0.25) is 0 Å². The molecule has 0 radical (unpaired) electrons. The molecule has 0 rings (SSSR count). The highest BCUT2D eigenvalue weighted by Gasteiger charge is 2.19. The normalized spacial score (nSPS) is 12.7. The highest BCUT2D eigenvalue weighted by Crippen LogP contribution is 2.18. The van der Waals surface area contributed by atoms with Crippen LogP contribution >= 0.6 is 0 Å². The molecule has 0 aromatic rings.